The van der Waals surface area contributed by atoms with Gasteiger partial charge < -0.3 is 20.6 Å². The second-order valence-electron chi connectivity index (χ2n) is 13.1. The molecule has 0 aliphatic carbocycles. The molecule has 0 saturated heterocycles. The van der Waals surface area contributed by atoms with E-state index in [0.29, 0.717) is 12.8 Å². The number of carbonyl (C=O) groups is 1. The molecule has 0 aliphatic rings. The number of hydrogen-bond acceptors (Lipinski definition) is 4. The number of hydrogen-bond donors (Lipinski definition) is 4. The molecule has 0 fully saturated rings. The van der Waals surface area contributed by atoms with Crippen molar-refractivity contribution < 1.29 is 20.1 Å². The highest BCUT2D eigenvalue weighted by Gasteiger charge is 2.26. The van der Waals surface area contributed by atoms with E-state index in [9.17, 15) is 20.1 Å². The molecule has 0 rings (SSSR count). The summed E-state index contributed by atoms with van der Waals surface area (Å²) >= 11 is 0. The van der Waals surface area contributed by atoms with Crippen molar-refractivity contribution >= 4 is 5.91 Å². The van der Waals surface area contributed by atoms with Crippen molar-refractivity contribution in [2.45, 2.75) is 218 Å². The number of nitrogens with one attached hydrogen (secondary N) is 1. The first kappa shape index (κ1) is 42.1. The molecule has 256 valence electrons. The molecule has 3 atom stereocenters. The van der Waals surface area contributed by atoms with Gasteiger partial charge in [-0.2, -0.15) is 0 Å². The Labute approximate surface area is 268 Å². The molecule has 0 aromatic rings. The average molecular weight is 610 g/mol. The largest absolute Gasteiger partial charge is 0.394 e. The first-order valence-corrected chi connectivity index (χ1v) is 19.0. The van der Waals surface area contributed by atoms with Crippen LogP contribution in [-0.4, -0.2) is 46.1 Å². The van der Waals surface area contributed by atoms with Gasteiger partial charge in [-0.25, -0.2) is 0 Å². The summed E-state index contributed by atoms with van der Waals surface area (Å²) in [6.07, 6.45) is 37.3. The fourth-order valence-corrected chi connectivity index (χ4v) is 5.87. The van der Waals surface area contributed by atoms with Crippen LogP contribution in [0.1, 0.15) is 200 Å². The van der Waals surface area contributed by atoms with E-state index in [4.69, 9.17) is 0 Å². The van der Waals surface area contributed by atoms with E-state index in [1.165, 1.54) is 135 Å². The minimum absolute atomic E-state index is 0.153. The first-order valence-electron chi connectivity index (χ1n) is 19.0. The monoisotopic (exact) mass is 610 g/mol. The van der Waals surface area contributed by atoms with Crippen LogP contribution < -0.4 is 5.32 Å². The highest BCUT2D eigenvalue weighted by atomic mass is 16.3. The molecule has 43 heavy (non-hydrogen) atoms. The standard InChI is InChI=1S/C38H75NO4/c1-3-5-7-9-11-13-15-17-19-21-23-25-27-29-31-33-37(42)39-35(34-40)38(43)36(41)32-30-28-26-24-22-20-18-16-14-12-10-8-6-4-2/h24,26,35-36,38,40-41,43H,3-23,25,27-34H2,1-2H3,(H,39,42)/b26-24+. The molecule has 0 spiro atoms. The predicted octanol–water partition coefficient (Wildman–Crippen LogP) is 10.1. The highest BCUT2D eigenvalue weighted by molar-refractivity contribution is 5.76. The number of amides is 1. The second kappa shape index (κ2) is 34.0. The van der Waals surface area contributed by atoms with Crippen LogP contribution in [0.5, 0.6) is 0 Å². The van der Waals surface area contributed by atoms with Gasteiger partial charge >= 0.3 is 0 Å². The van der Waals surface area contributed by atoms with Gasteiger partial charge in [0.15, 0.2) is 0 Å². The molecular weight excluding hydrogens is 534 g/mol. The third-order valence-corrected chi connectivity index (χ3v) is 8.87. The lowest BCUT2D eigenvalue weighted by Crippen LogP contribution is -2.50. The minimum Gasteiger partial charge on any atom is -0.394 e. The molecule has 0 aromatic heterocycles. The van der Waals surface area contributed by atoms with Gasteiger partial charge in [-0.1, -0.05) is 167 Å². The summed E-state index contributed by atoms with van der Waals surface area (Å²) in [6.45, 7) is 4.16. The molecule has 0 bridgehead atoms. The lowest BCUT2D eigenvalue weighted by molar-refractivity contribution is -0.124. The van der Waals surface area contributed by atoms with E-state index in [2.05, 4.69) is 31.3 Å². The average Bonchev–Trinajstić information content (AvgIpc) is 3.01. The summed E-state index contributed by atoms with van der Waals surface area (Å²) in [5.41, 5.74) is 0. The van der Waals surface area contributed by atoms with Gasteiger partial charge in [-0.15, -0.1) is 0 Å². The molecule has 0 aromatic carbocycles. The van der Waals surface area contributed by atoms with E-state index < -0.39 is 18.2 Å². The second-order valence-corrected chi connectivity index (χ2v) is 13.1. The Morgan fingerprint density at radius 1 is 0.558 bits per heavy atom. The van der Waals surface area contributed by atoms with Crippen LogP contribution in [-0.2, 0) is 4.79 Å². The number of rotatable bonds is 34. The van der Waals surface area contributed by atoms with Crippen LogP contribution in [0.3, 0.4) is 0 Å². The summed E-state index contributed by atoms with van der Waals surface area (Å²) in [4.78, 5) is 12.3. The van der Waals surface area contributed by atoms with Crippen LogP contribution in [0, 0.1) is 0 Å². The summed E-state index contributed by atoms with van der Waals surface area (Å²) in [7, 11) is 0. The number of aliphatic hydroxyl groups is 3. The maximum Gasteiger partial charge on any atom is 0.220 e. The van der Waals surface area contributed by atoms with Crippen molar-refractivity contribution in [3.05, 3.63) is 12.2 Å². The molecule has 5 nitrogen and oxygen atoms in total. The Kier molecular flexibility index (Phi) is 33.3. The van der Waals surface area contributed by atoms with Crippen LogP contribution in [0.4, 0.5) is 0 Å². The van der Waals surface area contributed by atoms with Crippen LogP contribution in [0.25, 0.3) is 0 Å². The Balaban J connectivity index is 3.70. The third-order valence-electron chi connectivity index (χ3n) is 8.87. The van der Waals surface area contributed by atoms with Gasteiger partial charge in [0, 0.05) is 6.42 Å². The van der Waals surface area contributed by atoms with Gasteiger partial charge in [0.25, 0.3) is 0 Å². The van der Waals surface area contributed by atoms with Gasteiger partial charge in [0.2, 0.25) is 5.91 Å². The first-order chi connectivity index (χ1) is 21.1. The number of allylic oxidation sites excluding steroid dienone is 2. The maximum absolute atomic E-state index is 12.3. The summed E-state index contributed by atoms with van der Waals surface area (Å²) < 4.78 is 0. The van der Waals surface area contributed by atoms with E-state index in [-0.39, 0.29) is 12.5 Å². The van der Waals surface area contributed by atoms with Crippen molar-refractivity contribution in [1.29, 1.82) is 0 Å². The summed E-state index contributed by atoms with van der Waals surface area (Å²) in [5, 5.41) is 33.3. The normalized spacial score (nSPS) is 13.9. The predicted molar refractivity (Wildman–Crippen MR) is 185 cm³/mol. The highest BCUT2D eigenvalue weighted by Crippen LogP contribution is 2.15. The molecular formula is C38H75NO4. The molecule has 3 unspecified atom stereocenters. The van der Waals surface area contributed by atoms with Crippen LogP contribution in [0.2, 0.25) is 0 Å². The zero-order valence-electron chi connectivity index (χ0n) is 28.8. The number of unbranched alkanes of at least 4 members (excludes halogenated alkanes) is 24. The smallest absolute Gasteiger partial charge is 0.220 e. The Hall–Kier alpha value is -0.910. The van der Waals surface area contributed by atoms with Crippen molar-refractivity contribution in [2.75, 3.05) is 6.61 Å². The SMILES string of the molecule is CCCCCCCCCCC/C=C/CCCC(O)C(O)C(CO)NC(=O)CCCCCCCCCCCCCCCCC. The minimum atomic E-state index is -1.15. The molecule has 0 radical (unpaired) electrons. The summed E-state index contributed by atoms with van der Waals surface area (Å²) in [5.74, 6) is -0.153. The van der Waals surface area contributed by atoms with Gasteiger partial charge in [0.05, 0.1) is 18.8 Å². The van der Waals surface area contributed by atoms with E-state index in [1.807, 2.05) is 0 Å². The number of aliphatic hydroxyl groups excluding tert-OH is 3. The van der Waals surface area contributed by atoms with Crippen molar-refractivity contribution in [2.24, 2.45) is 0 Å². The molecule has 1 amide bonds. The van der Waals surface area contributed by atoms with Crippen molar-refractivity contribution in [3.8, 4) is 0 Å². The molecule has 0 heterocycles. The van der Waals surface area contributed by atoms with Gasteiger partial charge in [-0.05, 0) is 38.5 Å². The molecule has 4 N–H and O–H groups in total. The Bertz CT molecular complexity index is 596. The van der Waals surface area contributed by atoms with Gasteiger partial charge in [0.1, 0.15) is 6.10 Å². The van der Waals surface area contributed by atoms with Gasteiger partial charge in [-0.3, -0.25) is 4.79 Å². The Morgan fingerprint density at radius 3 is 1.35 bits per heavy atom. The lowest BCUT2D eigenvalue weighted by Gasteiger charge is -2.26. The Morgan fingerprint density at radius 2 is 0.930 bits per heavy atom. The van der Waals surface area contributed by atoms with E-state index in [0.717, 1.165) is 38.5 Å². The molecule has 0 saturated carbocycles. The topological polar surface area (TPSA) is 89.8 Å². The maximum atomic E-state index is 12.3. The van der Waals surface area contributed by atoms with Crippen LogP contribution >= 0.6 is 0 Å². The lowest BCUT2D eigenvalue weighted by atomic mass is 10.0. The number of carbonyl (C=O) groups excluding carboxylic acids is 1. The zero-order valence-corrected chi connectivity index (χ0v) is 28.8. The fraction of sp³-hybridized carbons (Fsp3) is 0.921. The quantitative estimate of drug-likeness (QED) is 0.0432. The molecule has 0 aliphatic heterocycles. The van der Waals surface area contributed by atoms with Crippen LogP contribution in [0.15, 0.2) is 12.2 Å². The van der Waals surface area contributed by atoms with E-state index in [1.54, 1.807) is 0 Å². The van der Waals surface area contributed by atoms with E-state index >= 15 is 0 Å². The zero-order chi connectivity index (χ0) is 31.6. The fourth-order valence-electron chi connectivity index (χ4n) is 5.87. The molecule has 5 heteroatoms. The summed E-state index contributed by atoms with van der Waals surface area (Å²) in [6, 6.07) is -0.818. The third kappa shape index (κ3) is 29.6. The van der Waals surface area contributed by atoms with Crippen molar-refractivity contribution in [3.63, 3.8) is 0 Å². The van der Waals surface area contributed by atoms with Crippen molar-refractivity contribution in [1.82, 2.24) is 5.32 Å².